The van der Waals surface area contributed by atoms with E-state index in [1.54, 1.807) is 6.92 Å². The molecule has 0 saturated carbocycles. The molecule has 106 valence electrons. The first-order chi connectivity index (χ1) is 9.15. The quantitative estimate of drug-likeness (QED) is 0.884. The van der Waals surface area contributed by atoms with Gasteiger partial charge >= 0.3 is 0 Å². The first-order valence-corrected chi connectivity index (χ1v) is 7.08. The van der Waals surface area contributed by atoms with E-state index in [1.807, 2.05) is 4.90 Å². The fourth-order valence-electron chi connectivity index (χ4n) is 2.75. The lowest BCUT2D eigenvalue weighted by molar-refractivity contribution is 0.0620. The number of carbonyl (C=O) groups excluding carboxylic acids is 1. The van der Waals surface area contributed by atoms with Crippen molar-refractivity contribution in [3.8, 4) is 0 Å². The molecule has 1 aliphatic heterocycles. The van der Waals surface area contributed by atoms with Crippen molar-refractivity contribution in [1.82, 2.24) is 25.0 Å². The third kappa shape index (κ3) is 3.12. The number of amides is 1. The van der Waals surface area contributed by atoms with Gasteiger partial charge in [-0.3, -0.25) is 9.89 Å². The molecule has 1 fully saturated rings. The second kappa shape index (κ2) is 6.14. The Balaban J connectivity index is 1.91. The molecule has 1 N–H and O–H groups in total. The molecule has 0 radical (unpaired) electrons. The van der Waals surface area contributed by atoms with Gasteiger partial charge in [0.2, 0.25) is 5.82 Å². The first kappa shape index (κ1) is 14.0. The summed E-state index contributed by atoms with van der Waals surface area (Å²) in [7, 11) is 0. The number of nitrogens with one attached hydrogen (secondary N) is 1. The van der Waals surface area contributed by atoms with Crippen molar-refractivity contribution in [1.29, 1.82) is 0 Å². The molecule has 1 aromatic heterocycles. The molecule has 0 aromatic carbocycles. The van der Waals surface area contributed by atoms with Crippen LogP contribution in [0.2, 0.25) is 0 Å². The summed E-state index contributed by atoms with van der Waals surface area (Å²) in [6.45, 7) is 9.94. The Morgan fingerprint density at radius 1 is 1.37 bits per heavy atom. The van der Waals surface area contributed by atoms with Gasteiger partial charge in [-0.05, 0) is 32.9 Å². The van der Waals surface area contributed by atoms with Gasteiger partial charge in [0.05, 0.1) is 0 Å². The van der Waals surface area contributed by atoms with E-state index >= 15 is 0 Å². The minimum atomic E-state index is -0.0534. The predicted octanol–water partition coefficient (Wildman–Crippen LogP) is 1.06. The molecule has 19 heavy (non-hydrogen) atoms. The second-order valence-electron chi connectivity index (χ2n) is 4.99. The summed E-state index contributed by atoms with van der Waals surface area (Å²) < 4.78 is 0. The zero-order valence-corrected chi connectivity index (χ0v) is 12.0. The summed E-state index contributed by atoms with van der Waals surface area (Å²) >= 11 is 0. The van der Waals surface area contributed by atoms with Gasteiger partial charge in [-0.15, -0.1) is 5.10 Å². The van der Waals surface area contributed by atoms with Crippen molar-refractivity contribution in [2.24, 2.45) is 0 Å². The number of hydrogen-bond acceptors (Lipinski definition) is 4. The van der Waals surface area contributed by atoms with Gasteiger partial charge in [0.25, 0.3) is 5.91 Å². The maximum Gasteiger partial charge on any atom is 0.293 e. The van der Waals surface area contributed by atoms with Crippen LogP contribution in [0.5, 0.6) is 0 Å². The van der Waals surface area contributed by atoms with E-state index in [9.17, 15) is 4.79 Å². The van der Waals surface area contributed by atoms with E-state index in [2.05, 4.69) is 33.9 Å². The van der Waals surface area contributed by atoms with E-state index < -0.39 is 0 Å². The maximum atomic E-state index is 12.2. The highest BCUT2D eigenvalue weighted by atomic mass is 16.2. The standard InChI is InChI=1S/C13H23N5O/c1-4-17(5-2)11-6-8-18(9-7-11)13(19)12-14-10(3)15-16-12/h11H,4-9H2,1-3H3,(H,14,15,16). The van der Waals surface area contributed by atoms with Crippen molar-refractivity contribution >= 4 is 5.91 Å². The lowest BCUT2D eigenvalue weighted by atomic mass is 10.0. The highest BCUT2D eigenvalue weighted by Crippen LogP contribution is 2.17. The van der Waals surface area contributed by atoms with Gasteiger partial charge in [-0.2, -0.15) is 0 Å². The number of aromatic nitrogens is 3. The molecular weight excluding hydrogens is 242 g/mol. The van der Waals surface area contributed by atoms with E-state index in [0.717, 1.165) is 39.0 Å². The monoisotopic (exact) mass is 265 g/mol. The Hall–Kier alpha value is -1.43. The number of H-pyrrole nitrogens is 1. The minimum absolute atomic E-state index is 0.0534. The van der Waals surface area contributed by atoms with E-state index in [0.29, 0.717) is 17.7 Å². The average molecular weight is 265 g/mol. The molecule has 0 aliphatic carbocycles. The number of aryl methyl sites for hydroxylation is 1. The van der Waals surface area contributed by atoms with Crippen molar-refractivity contribution in [2.45, 2.75) is 39.7 Å². The topological polar surface area (TPSA) is 65.1 Å². The molecule has 0 atom stereocenters. The fourth-order valence-corrected chi connectivity index (χ4v) is 2.75. The molecule has 2 rings (SSSR count). The molecule has 0 unspecified atom stereocenters. The third-order valence-corrected chi connectivity index (χ3v) is 3.87. The number of carbonyl (C=O) groups is 1. The number of piperidine rings is 1. The lowest BCUT2D eigenvalue weighted by Gasteiger charge is -2.37. The number of aromatic amines is 1. The maximum absolute atomic E-state index is 12.2. The molecular formula is C13H23N5O. The van der Waals surface area contributed by atoms with Crippen LogP contribution < -0.4 is 0 Å². The average Bonchev–Trinajstić information content (AvgIpc) is 2.87. The number of hydrogen-bond donors (Lipinski definition) is 1. The Morgan fingerprint density at radius 3 is 2.47 bits per heavy atom. The summed E-state index contributed by atoms with van der Waals surface area (Å²) in [6, 6.07) is 0.605. The van der Waals surface area contributed by atoms with Crippen LogP contribution in [0.1, 0.15) is 43.1 Å². The molecule has 1 aromatic rings. The number of nitrogens with zero attached hydrogens (tertiary/aromatic N) is 4. The Labute approximate surface area is 114 Å². The summed E-state index contributed by atoms with van der Waals surface area (Å²) in [5, 5.41) is 6.66. The van der Waals surface area contributed by atoms with Crippen molar-refractivity contribution < 1.29 is 4.79 Å². The van der Waals surface area contributed by atoms with Gasteiger partial charge in [0, 0.05) is 19.1 Å². The largest absolute Gasteiger partial charge is 0.336 e. The molecule has 0 bridgehead atoms. The molecule has 1 aliphatic rings. The van der Waals surface area contributed by atoms with E-state index in [1.165, 1.54) is 0 Å². The first-order valence-electron chi connectivity index (χ1n) is 7.08. The molecule has 6 heteroatoms. The van der Waals surface area contributed by atoms with Crippen LogP contribution in [-0.2, 0) is 0 Å². The third-order valence-electron chi connectivity index (χ3n) is 3.87. The highest BCUT2D eigenvalue weighted by molar-refractivity contribution is 5.90. The number of likely N-dealkylation sites (tertiary alicyclic amines) is 1. The highest BCUT2D eigenvalue weighted by Gasteiger charge is 2.27. The summed E-state index contributed by atoms with van der Waals surface area (Å²) in [4.78, 5) is 20.6. The van der Waals surface area contributed by atoms with E-state index in [-0.39, 0.29) is 5.91 Å². The van der Waals surface area contributed by atoms with Crippen molar-refractivity contribution in [3.05, 3.63) is 11.6 Å². The number of rotatable bonds is 4. The smallest absolute Gasteiger partial charge is 0.293 e. The van der Waals surface area contributed by atoms with Crippen LogP contribution in [0.3, 0.4) is 0 Å². The second-order valence-corrected chi connectivity index (χ2v) is 4.99. The zero-order valence-electron chi connectivity index (χ0n) is 12.0. The molecule has 1 saturated heterocycles. The van der Waals surface area contributed by atoms with Gasteiger partial charge in [0.1, 0.15) is 5.82 Å². The SMILES string of the molecule is CCN(CC)C1CCN(C(=O)c2n[nH]c(C)n2)CC1. The van der Waals surface area contributed by atoms with Crippen LogP contribution in [-0.4, -0.2) is 63.1 Å². The minimum Gasteiger partial charge on any atom is -0.336 e. The summed E-state index contributed by atoms with van der Waals surface area (Å²) in [5.41, 5.74) is 0. The Bertz CT molecular complexity index is 418. The Morgan fingerprint density at radius 2 is 2.00 bits per heavy atom. The molecule has 6 nitrogen and oxygen atoms in total. The predicted molar refractivity (Wildman–Crippen MR) is 73.0 cm³/mol. The van der Waals surface area contributed by atoms with Crippen LogP contribution in [0, 0.1) is 6.92 Å². The fraction of sp³-hybridized carbons (Fsp3) is 0.769. The van der Waals surface area contributed by atoms with Crippen LogP contribution >= 0.6 is 0 Å². The van der Waals surface area contributed by atoms with Gasteiger partial charge in [0.15, 0.2) is 0 Å². The van der Waals surface area contributed by atoms with Crippen LogP contribution in [0.25, 0.3) is 0 Å². The summed E-state index contributed by atoms with van der Waals surface area (Å²) in [6.07, 6.45) is 2.08. The lowest BCUT2D eigenvalue weighted by Crippen LogP contribution is -2.46. The van der Waals surface area contributed by atoms with Gasteiger partial charge in [-0.1, -0.05) is 13.8 Å². The van der Waals surface area contributed by atoms with Gasteiger partial charge in [-0.25, -0.2) is 4.98 Å². The Kier molecular flexibility index (Phi) is 4.52. The summed E-state index contributed by atoms with van der Waals surface area (Å²) in [5.74, 6) is 0.919. The van der Waals surface area contributed by atoms with E-state index in [4.69, 9.17) is 0 Å². The molecule has 0 spiro atoms. The van der Waals surface area contributed by atoms with Crippen molar-refractivity contribution in [3.63, 3.8) is 0 Å². The normalized spacial score (nSPS) is 17.2. The van der Waals surface area contributed by atoms with Gasteiger partial charge < -0.3 is 9.80 Å². The molecule has 1 amide bonds. The zero-order chi connectivity index (χ0) is 13.8. The van der Waals surface area contributed by atoms with Crippen LogP contribution in [0.4, 0.5) is 0 Å². The van der Waals surface area contributed by atoms with Crippen LogP contribution in [0.15, 0.2) is 0 Å². The van der Waals surface area contributed by atoms with Crippen molar-refractivity contribution in [2.75, 3.05) is 26.2 Å². The molecule has 2 heterocycles.